The molecule has 4 aliphatic rings. The van der Waals surface area contributed by atoms with Gasteiger partial charge in [0.1, 0.15) is 5.76 Å². The molecule has 34 heavy (non-hydrogen) atoms. The summed E-state index contributed by atoms with van der Waals surface area (Å²) in [6, 6.07) is 1.46. The number of aliphatic hydroxyl groups excluding tert-OH is 1. The van der Waals surface area contributed by atoms with Crippen LogP contribution in [0.3, 0.4) is 0 Å². The molecule has 1 N–H and O–H groups in total. The summed E-state index contributed by atoms with van der Waals surface area (Å²) in [5, 5.41) is 14.9. The Hall–Kier alpha value is -0.181. The van der Waals surface area contributed by atoms with Crippen LogP contribution in [0.1, 0.15) is 119 Å². The number of hydrogen-bond donors (Lipinski definition) is 1. The summed E-state index contributed by atoms with van der Waals surface area (Å²) in [5.41, 5.74) is -0.764. The summed E-state index contributed by atoms with van der Waals surface area (Å²) in [5.74, 6) is 4.01. The zero-order valence-electron chi connectivity index (χ0n) is 22.7. The van der Waals surface area contributed by atoms with E-state index in [1.807, 2.05) is 41.5 Å². The Bertz CT molecular complexity index is 642. The van der Waals surface area contributed by atoms with Crippen molar-refractivity contribution in [2.24, 2.45) is 34.5 Å². The fraction of sp³-hybridized carbons (Fsp3) is 0.867. The number of fused-ring (bicyclic) bond motifs is 2. The van der Waals surface area contributed by atoms with Crippen molar-refractivity contribution < 1.29 is 30.0 Å². The predicted octanol–water partition coefficient (Wildman–Crippen LogP) is 8.59. The van der Waals surface area contributed by atoms with Crippen LogP contribution in [0.2, 0.25) is 0 Å². The number of hydrogen-bond acceptors (Lipinski definition) is 2. The van der Waals surface area contributed by atoms with Gasteiger partial charge in [-0.1, -0.05) is 124 Å². The van der Waals surface area contributed by atoms with E-state index in [0.717, 1.165) is 29.7 Å². The van der Waals surface area contributed by atoms with Gasteiger partial charge in [0.05, 0.1) is 0 Å². The Morgan fingerprint density at radius 2 is 1.38 bits per heavy atom. The van der Waals surface area contributed by atoms with Crippen LogP contribution >= 0.6 is 0 Å². The molecule has 6 atom stereocenters. The van der Waals surface area contributed by atoms with E-state index in [2.05, 4.69) is 6.42 Å². The largest absolute Gasteiger partial charge is 0.658 e. The van der Waals surface area contributed by atoms with E-state index >= 15 is 0 Å². The average Bonchev–Trinajstić information content (AvgIpc) is 2.77. The smallest absolute Gasteiger partial charge is 0.164 e. The van der Waals surface area contributed by atoms with E-state index in [9.17, 15) is 9.90 Å². The molecule has 1 radical (unpaired) electrons. The minimum atomic E-state index is -0.417. The third-order valence-corrected chi connectivity index (χ3v) is 8.74. The van der Waals surface area contributed by atoms with Crippen molar-refractivity contribution in [3.05, 3.63) is 23.6 Å². The van der Waals surface area contributed by atoms with Crippen LogP contribution in [0.4, 0.5) is 0 Å². The average molecular weight is 650 g/mol. The molecule has 1 aliphatic heterocycles. The van der Waals surface area contributed by atoms with Crippen molar-refractivity contribution in [3.8, 4) is 0 Å². The van der Waals surface area contributed by atoms with Gasteiger partial charge in [-0.2, -0.15) is 18.4 Å². The van der Waals surface area contributed by atoms with Gasteiger partial charge in [-0.3, -0.25) is 4.79 Å². The molecule has 6 unspecified atom stereocenters. The molecule has 3 saturated carbocycles. The predicted molar refractivity (Wildman–Crippen MR) is 139 cm³/mol. The zero-order chi connectivity index (χ0) is 24.2. The maximum atomic E-state index is 11.5. The molecule has 199 valence electrons. The Morgan fingerprint density at radius 1 is 0.794 bits per heavy atom. The van der Waals surface area contributed by atoms with Crippen molar-refractivity contribution in [2.45, 2.75) is 131 Å². The fourth-order valence-corrected chi connectivity index (χ4v) is 6.32. The fourth-order valence-electron chi connectivity index (χ4n) is 6.32. The number of rotatable bonds is 2. The van der Waals surface area contributed by atoms with Crippen LogP contribution in [0.5, 0.6) is 0 Å². The number of allylic oxidation sites excluding steroid dienone is 2. The Labute approximate surface area is 224 Å². The third kappa shape index (κ3) is 8.45. The van der Waals surface area contributed by atoms with Crippen molar-refractivity contribution in [1.82, 2.24) is 0 Å². The molecule has 0 bridgehead atoms. The number of carbonyl (C=O) groups is 1. The molecule has 0 spiro atoms. The first-order chi connectivity index (χ1) is 15.4. The third-order valence-electron chi connectivity index (χ3n) is 8.74. The Balaban J connectivity index is 0.000000258. The number of carbonyl (C=O) groups excluding carboxylic acids is 1. The van der Waals surface area contributed by atoms with Crippen molar-refractivity contribution in [3.63, 3.8) is 0 Å². The monoisotopic (exact) mass is 650 g/mol. The van der Waals surface area contributed by atoms with E-state index in [0.29, 0.717) is 6.04 Å². The quantitative estimate of drug-likeness (QED) is 0.185. The molecule has 0 amide bonds. The molecule has 4 fully saturated rings. The van der Waals surface area contributed by atoms with Gasteiger partial charge in [0.25, 0.3) is 0 Å². The zero-order valence-corrected chi connectivity index (χ0v) is 25.1. The minimum absolute atomic E-state index is 0. The first kappa shape index (κ1) is 30.0. The molecule has 0 aromatic heterocycles. The molecule has 3 aliphatic carbocycles. The summed E-state index contributed by atoms with van der Waals surface area (Å²) < 4.78 is 0. The number of nitrogens with zero attached hydrogens (tertiary/aromatic N) is 1. The van der Waals surface area contributed by atoms with Gasteiger partial charge in [-0.15, -0.1) is 6.04 Å². The van der Waals surface area contributed by atoms with E-state index < -0.39 is 5.41 Å². The van der Waals surface area contributed by atoms with Crippen LogP contribution in [-0.2, 0) is 24.9 Å². The maximum Gasteiger partial charge on any atom is 0.164 e. The Kier molecular flexibility index (Phi) is 11.4. The summed E-state index contributed by atoms with van der Waals surface area (Å²) in [7, 11) is 0. The summed E-state index contributed by atoms with van der Waals surface area (Å²) in [6.07, 6.45) is 21.6. The first-order valence-electron chi connectivity index (χ1n) is 13.9. The van der Waals surface area contributed by atoms with Gasteiger partial charge in [0.15, 0.2) is 5.78 Å². The van der Waals surface area contributed by atoms with E-state index in [-0.39, 0.29) is 37.1 Å². The molecular weight excluding hydrogens is 599 g/mol. The van der Waals surface area contributed by atoms with Gasteiger partial charge in [0, 0.05) is 37.0 Å². The molecule has 4 heteroatoms. The normalized spacial score (nSPS) is 34.5. The second-order valence-corrected chi connectivity index (χ2v) is 13.5. The van der Waals surface area contributed by atoms with Gasteiger partial charge in [-0.05, 0) is 5.92 Å². The van der Waals surface area contributed by atoms with Gasteiger partial charge < -0.3 is 16.8 Å². The standard InChI is InChI=1S/C19H31N.C11H20O2.Ir/c1-2-7-16-13-17(10-9-14(16)5-1)19-12-11-15-6-3-4-8-18(15)20-19;1-10(2,3)8(12)7-9(13)11(4,5)6;/h10,14-19H,1-9,11-13H2;7,12H,1-6H3;/q-2;;/b;8-7-;. The molecule has 1 heterocycles. The molecule has 4 rings (SSSR count). The van der Waals surface area contributed by atoms with Crippen LogP contribution in [-0.4, -0.2) is 23.0 Å². The summed E-state index contributed by atoms with van der Waals surface area (Å²) >= 11 is 0. The second-order valence-electron chi connectivity index (χ2n) is 13.5. The summed E-state index contributed by atoms with van der Waals surface area (Å²) in [4.78, 5) is 11.5. The van der Waals surface area contributed by atoms with Crippen LogP contribution < -0.4 is 0 Å². The maximum absolute atomic E-state index is 11.5. The van der Waals surface area contributed by atoms with Gasteiger partial charge in [0.2, 0.25) is 0 Å². The summed E-state index contributed by atoms with van der Waals surface area (Å²) in [6.45, 7) is 11.1. The molecule has 1 saturated heterocycles. The molecule has 3 nitrogen and oxygen atoms in total. The van der Waals surface area contributed by atoms with Gasteiger partial charge >= 0.3 is 0 Å². The van der Waals surface area contributed by atoms with Crippen LogP contribution in [0.15, 0.2) is 11.8 Å². The van der Waals surface area contributed by atoms with Crippen molar-refractivity contribution in [2.75, 3.05) is 0 Å². The van der Waals surface area contributed by atoms with Gasteiger partial charge in [-0.25, -0.2) is 0 Å². The second kappa shape index (κ2) is 12.9. The van der Waals surface area contributed by atoms with Crippen LogP contribution in [0.25, 0.3) is 5.32 Å². The number of piperidine rings is 1. The topological polar surface area (TPSA) is 51.4 Å². The first-order valence-corrected chi connectivity index (χ1v) is 13.9. The van der Waals surface area contributed by atoms with E-state index in [1.54, 1.807) is 0 Å². The van der Waals surface area contributed by atoms with Crippen molar-refractivity contribution >= 4 is 5.78 Å². The van der Waals surface area contributed by atoms with Crippen molar-refractivity contribution in [1.29, 1.82) is 0 Å². The van der Waals surface area contributed by atoms with E-state index in [1.165, 1.54) is 83.1 Å². The van der Waals surface area contributed by atoms with Crippen LogP contribution in [0, 0.1) is 40.9 Å². The minimum Gasteiger partial charge on any atom is -0.658 e. The number of ketones is 1. The molecule has 0 aromatic rings. The molecule has 0 aromatic carbocycles. The molecular formula is C30H51IrNO2-2. The number of aliphatic hydroxyl groups is 1. The SMILES string of the molecule is CC(C)(C)C(=O)/C=C(\O)C(C)(C)C.[CH-]1CC2CCCCC2CC1C1CCC2CCCCC2[N-]1.[Ir]. The van der Waals surface area contributed by atoms with E-state index in [4.69, 9.17) is 5.32 Å². The Morgan fingerprint density at radius 3 is 2.00 bits per heavy atom.